The van der Waals surface area contributed by atoms with Gasteiger partial charge in [-0.2, -0.15) is 0 Å². The fourth-order valence-electron chi connectivity index (χ4n) is 2.15. The lowest BCUT2D eigenvalue weighted by Gasteiger charge is -2.12. The molecular weight excluding hydrogens is 358 g/mol. The van der Waals surface area contributed by atoms with Gasteiger partial charge >= 0.3 is 0 Å². The van der Waals surface area contributed by atoms with Gasteiger partial charge in [0.1, 0.15) is 17.2 Å². The van der Waals surface area contributed by atoms with Gasteiger partial charge in [0.2, 0.25) is 0 Å². The highest BCUT2D eigenvalue weighted by Crippen LogP contribution is 2.29. The predicted molar refractivity (Wildman–Crippen MR) is 101 cm³/mol. The van der Waals surface area contributed by atoms with Crippen LogP contribution in [-0.4, -0.2) is 29.7 Å². The summed E-state index contributed by atoms with van der Waals surface area (Å²) < 4.78 is 10.4. The van der Waals surface area contributed by atoms with Crippen LogP contribution in [0.25, 0.3) is 0 Å². The van der Waals surface area contributed by atoms with Gasteiger partial charge in [-0.3, -0.25) is 20.2 Å². The lowest BCUT2D eigenvalue weighted by atomic mass is 10.2. The number of nitro benzene ring substituents is 1. The molecule has 9 heteroatoms. The maximum Gasteiger partial charge on any atom is 0.296 e. The molecule has 8 nitrogen and oxygen atoms in total. The number of methoxy groups -OCH3 is 1. The molecule has 0 aromatic heterocycles. The number of hydrogen-bond donors (Lipinski definition) is 2. The largest absolute Gasteiger partial charge is 0.496 e. The molecule has 0 spiro atoms. The Hall–Kier alpha value is -3.20. The van der Waals surface area contributed by atoms with Crippen molar-refractivity contribution in [3.8, 4) is 11.5 Å². The Kier molecular flexibility index (Phi) is 6.45. The van der Waals surface area contributed by atoms with Crippen LogP contribution in [0.15, 0.2) is 42.5 Å². The molecule has 0 aliphatic heterocycles. The standard InChI is InChI=1S/C17H17N3O5S/c1-3-25-15-7-5-4-6-12(15)16(21)19-17(26)18-13-9-8-11(24-2)10-14(13)20(22)23/h4-10H,3H2,1-2H3,(H2,18,19,21,26). The SMILES string of the molecule is CCOc1ccccc1C(=O)NC(=S)Nc1ccc(OC)cc1[N+](=O)[O-]. The summed E-state index contributed by atoms with van der Waals surface area (Å²) in [4.78, 5) is 23.0. The molecule has 26 heavy (non-hydrogen) atoms. The summed E-state index contributed by atoms with van der Waals surface area (Å²) in [5, 5.41) is 16.3. The molecule has 0 unspecified atom stereocenters. The number of nitro groups is 1. The number of anilines is 1. The molecule has 0 aliphatic rings. The Morgan fingerprint density at radius 3 is 2.65 bits per heavy atom. The molecule has 2 N–H and O–H groups in total. The van der Waals surface area contributed by atoms with E-state index in [4.69, 9.17) is 21.7 Å². The van der Waals surface area contributed by atoms with Gasteiger partial charge in [0, 0.05) is 0 Å². The van der Waals surface area contributed by atoms with Crippen LogP contribution in [0.1, 0.15) is 17.3 Å². The van der Waals surface area contributed by atoms with Gasteiger partial charge in [-0.05, 0) is 43.4 Å². The van der Waals surface area contributed by atoms with E-state index >= 15 is 0 Å². The van der Waals surface area contributed by atoms with Crippen LogP contribution < -0.4 is 20.1 Å². The van der Waals surface area contributed by atoms with Gasteiger partial charge in [0.05, 0.1) is 30.3 Å². The number of ether oxygens (including phenoxy) is 2. The predicted octanol–water partition coefficient (Wildman–Crippen LogP) is 3.13. The highest BCUT2D eigenvalue weighted by Gasteiger charge is 2.18. The maximum atomic E-state index is 12.4. The van der Waals surface area contributed by atoms with E-state index in [-0.39, 0.29) is 16.5 Å². The van der Waals surface area contributed by atoms with E-state index in [1.807, 2.05) is 6.92 Å². The van der Waals surface area contributed by atoms with Crippen molar-refractivity contribution in [1.29, 1.82) is 0 Å². The number of hydrogen-bond acceptors (Lipinski definition) is 6. The van der Waals surface area contributed by atoms with E-state index in [0.29, 0.717) is 23.7 Å². The van der Waals surface area contributed by atoms with Crippen LogP contribution in [0.2, 0.25) is 0 Å². The van der Waals surface area contributed by atoms with Gasteiger partial charge in [-0.25, -0.2) is 0 Å². The first-order valence-electron chi connectivity index (χ1n) is 7.62. The highest BCUT2D eigenvalue weighted by atomic mass is 32.1. The van der Waals surface area contributed by atoms with Crippen molar-refractivity contribution in [2.24, 2.45) is 0 Å². The van der Waals surface area contributed by atoms with E-state index in [9.17, 15) is 14.9 Å². The normalized spacial score (nSPS) is 9.92. The number of nitrogens with zero attached hydrogens (tertiary/aromatic N) is 1. The van der Waals surface area contributed by atoms with E-state index in [1.54, 1.807) is 30.3 Å². The summed E-state index contributed by atoms with van der Waals surface area (Å²) >= 11 is 5.09. The first-order valence-corrected chi connectivity index (χ1v) is 8.03. The first-order chi connectivity index (χ1) is 12.5. The Bertz CT molecular complexity index is 841. The summed E-state index contributed by atoms with van der Waals surface area (Å²) in [5.41, 5.74) is 0.220. The molecule has 2 aromatic rings. The molecule has 0 radical (unpaired) electrons. The Morgan fingerprint density at radius 1 is 1.27 bits per heavy atom. The van der Waals surface area contributed by atoms with Crippen molar-refractivity contribution in [3.63, 3.8) is 0 Å². The minimum absolute atomic E-state index is 0.0745. The van der Waals surface area contributed by atoms with Crippen molar-refractivity contribution >= 4 is 34.6 Å². The molecule has 0 bridgehead atoms. The quantitative estimate of drug-likeness (QED) is 0.454. The molecule has 0 heterocycles. The van der Waals surface area contributed by atoms with E-state index in [1.165, 1.54) is 19.2 Å². The third-order valence-corrected chi connectivity index (χ3v) is 3.51. The third-order valence-electron chi connectivity index (χ3n) is 3.31. The number of rotatable bonds is 6. The average molecular weight is 375 g/mol. The van der Waals surface area contributed by atoms with Gasteiger partial charge < -0.3 is 14.8 Å². The zero-order chi connectivity index (χ0) is 19.1. The zero-order valence-corrected chi connectivity index (χ0v) is 15.0. The van der Waals surface area contributed by atoms with Crippen LogP contribution in [0.4, 0.5) is 11.4 Å². The summed E-state index contributed by atoms with van der Waals surface area (Å²) in [6.45, 7) is 2.22. The van der Waals surface area contributed by atoms with Crippen molar-refractivity contribution in [2.75, 3.05) is 19.0 Å². The highest BCUT2D eigenvalue weighted by molar-refractivity contribution is 7.80. The summed E-state index contributed by atoms with van der Waals surface area (Å²) in [6, 6.07) is 11.0. The Morgan fingerprint density at radius 2 is 2.00 bits per heavy atom. The first kappa shape index (κ1) is 19.1. The van der Waals surface area contributed by atoms with Crippen molar-refractivity contribution in [2.45, 2.75) is 6.92 Å². The van der Waals surface area contributed by atoms with E-state index in [2.05, 4.69) is 10.6 Å². The van der Waals surface area contributed by atoms with Gasteiger partial charge in [0.25, 0.3) is 11.6 Å². The number of thiocarbonyl (C=S) groups is 1. The molecule has 0 saturated carbocycles. The molecule has 0 aliphatic carbocycles. The number of benzene rings is 2. The molecule has 0 saturated heterocycles. The molecular formula is C17H17N3O5S. The maximum absolute atomic E-state index is 12.4. The minimum atomic E-state index is -0.570. The summed E-state index contributed by atoms with van der Waals surface area (Å²) in [7, 11) is 1.41. The number of para-hydroxylation sites is 1. The average Bonchev–Trinajstić information content (AvgIpc) is 2.62. The fourth-order valence-corrected chi connectivity index (χ4v) is 2.36. The molecule has 0 atom stereocenters. The van der Waals surface area contributed by atoms with E-state index < -0.39 is 10.8 Å². The lowest BCUT2D eigenvalue weighted by Crippen LogP contribution is -2.34. The lowest BCUT2D eigenvalue weighted by molar-refractivity contribution is -0.384. The number of carbonyl (C=O) groups excluding carboxylic acids is 1. The van der Waals surface area contributed by atoms with Gasteiger partial charge in [-0.15, -0.1) is 0 Å². The molecule has 2 aromatic carbocycles. The Labute approximate surface area is 155 Å². The summed E-state index contributed by atoms with van der Waals surface area (Å²) in [5.74, 6) is 0.274. The molecule has 2 rings (SSSR count). The van der Waals surface area contributed by atoms with Crippen molar-refractivity contribution in [3.05, 3.63) is 58.1 Å². The Balaban J connectivity index is 2.14. The second-order valence-electron chi connectivity index (χ2n) is 4.98. The molecule has 0 fully saturated rings. The number of carbonyl (C=O) groups is 1. The van der Waals surface area contributed by atoms with Crippen LogP contribution in [0.3, 0.4) is 0 Å². The van der Waals surface area contributed by atoms with Crippen molar-refractivity contribution in [1.82, 2.24) is 5.32 Å². The number of nitrogens with one attached hydrogen (secondary N) is 2. The van der Waals surface area contributed by atoms with Crippen LogP contribution in [0.5, 0.6) is 11.5 Å². The van der Waals surface area contributed by atoms with E-state index in [0.717, 1.165) is 0 Å². The van der Waals surface area contributed by atoms with Crippen LogP contribution in [0, 0.1) is 10.1 Å². The minimum Gasteiger partial charge on any atom is -0.496 e. The van der Waals surface area contributed by atoms with Gasteiger partial charge in [-0.1, -0.05) is 12.1 Å². The smallest absolute Gasteiger partial charge is 0.296 e. The number of amides is 1. The third kappa shape index (κ3) is 4.67. The fraction of sp³-hybridized carbons (Fsp3) is 0.176. The molecule has 136 valence electrons. The van der Waals surface area contributed by atoms with Crippen molar-refractivity contribution < 1.29 is 19.2 Å². The summed E-state index contributed by atoms with van der Waals surface area (Å²) in [6.07, 6.45) is 0. The molecule has 1 amide bonds. The second kappa shape index (κ2) is 8.77. The topological polar surface area (TPSA) is 103 Å². The second-order valence-corrected chi connectivity index (χ2v) is 5.39. The van der Waals surface area contributed by atoms with Crippen LogP contribution in [-0.2, 0) is 0 Å². The zero-order valence-electron chi connectivity index (χ0n) is 14.1. The monoisotopic (exact) mass is 375 g/mol. The van der Waals surface area contributed by atoms with Gasteiger partial charge in [0.15, 0.2) is 5.11 Å². The van der Waals surface area contributed by atoms with Crippen LogP contribution >= 0.6 is 12.2 Å².